The van der Waals surface area contributed by atoms with Crippen LogP contribution in [-0.2, 0) is 16.0 Å². The van der Waals surface area contributed by atoms with Crippen molar-refractivity contribution >= 4 is 45.6 Å². The lowest BCUT2D eigenvalue weighted by Crippen LogP contribution is -2.18. The quantitative estimate of drug-likeness (QED) is 0.471. The van der Waals surface area contributed by atoms with E-state index in [1.54, 1.807) is 4.57 Å². The van der Waals surface area contributed by atoms with Crippen molar-refractivity contribution in [2.75, 3.05) is 18.9 Å². The van der Waals surface area contributed by atoms with Gasteiger partial charge < -0.3 is 19.8 Å². The van der Waals surface area contributed by atoms with Crippen molar-refractivity contribution in [3.05, 3.63) is 64.7 Å². The molecule has 1 aliphatic heterocycles. The zero-order valence-electron chi connectivity index (χ0n) is 16.8. The van der Waals surface area contributed by atoms with Crippen LogP contribution in [-0.4, -0.2) is 39.8 Å². The average molecular weight is 437 g/mol. The molecule has 2 aromatic heterocycles. The van der Waals surface area contributed by atoms with Crippen LogP contribution in [0.25, 0.3) is 22.2 Å². The zero-order chi connectivity index (χ0) is 21.4. The Hall–Kier alpha value is -3.16. The molecule has 1 atom stereocenters. The van der Waals surface area contributed by atoms with Gasteiger partial charge in [-0.25, -0.2) is 14.8 Å². The van der Waals surface area contributed by atoms with Crippen molar-refractivity contribution in [3.8, 4) is 0 Å². The third-order valence-electron chi connectivity index (χ3n) is 5.47. The number of para-hydroxylation sites is 2. The summed E-state index contributed by atoms with van der Waals surface area (Å²) in [6, 6.07) is 15.0. The highest BCUT2D eigenvalue weighted by molar-refractivity contribution is 6.30. The number of esters is 1. The monoisotopic (exact) mass is 436 g/mol. The normalized spacial score (nSPS) is 16.2. The third-order valence-corrected chi connectivity index (χ3v) is 5.73. The maximum Gasteiger partial charge on any atom is 0.344 e. The van der Waals surface area contributed by atoms with E-state index in [1.807, 2.05) is 48.5 Å². The topological polar surface area (TPSA) is 92.3 Å². The Bertz CT molecular complexity index is 1260. The summed E-state index contributed by atoms with van der Waals surface area (Å²) in [5.74, 6) is -0.241. The fourth-order valence-corrected chi connectivity index (χ4v) is 3.99. The molecule has 31 heavy (non-hydrogen) atoms. The molecule has 7 nitrogen and oxygen atoms in total. The fourth-order valence-electron chi connectivity index (χ4n) is 3.87. The summed E-state index contributed by atoms with van der Waals surface area (Å²) in [4.78, 5) is 22.5. The second kappa shape index (κ2) is 8.17. The van der Waals surface area contributed by atoms with E-state index in [4.69, 9.17) is 36.8 Å². The van der Waals surface area contributed by atoms with Gasteiger partial charge >= 0.3 is 5.97 Å². The van der Waals surface area contributed by atoms with E-state index >= 15 is 0 Å². The number of hydrogen-bond acceptors (Lipinski definition) is 6. The standard InChI is InChI=1S/C23H21ClN4O3/c24-15-9-7-14(8-10-15)12-28-21(25)19(23(29)31-13-16-4-3-11-30-16)20-22(28)27-18-6-2-1-5-17(18)26-20/h1-2,5-10,16H,3-4,11-13,25H2/t16-/m1/s1. The molecule has 0 radical (unpaired) electrons. The number of nitrogens with two attached hydrogens (primary N) is 1. The van der Waals surface area contributed by atoms with Gasteiger partial charge in [0.25, 0.3) is 0 Å². The first kappa shape index (κ1) is 19.8. The van der Waals surface area contributed by atoms with Crippen LogP contribution in [0.15, 0.2) is 48.5 Å². The van der Waals surface area contributed by atoms with Gasteiger partial charge in [-0.2, -0.15) is 0 Å². The van der Waals surface area contributed by atoms with Crippen molar-refractivity contribution in [3.63, 3.8) is 0 Å². The number of aromatic nitrogens is 3. The van der Waals surface area contributed by atoms with Crippen LogP contribution in [0.4, 0.5) is 5.82 Å². The maximum absolute atomic E-state index is 13.0. The van der Waals surface area contributed by atoms with Gasteiger partial charge in [-0.1, -0.05) is 35.9 Å². The number of carbonyl (C=O) groups is 1. The Kier molecular flexibility index (Phi) is 5.21. The fraction of sp³-hybridized carbons (Fsp3) is 0.261. The molecule has 1 fully saturated rings. The highest BCUT2D eigenvalue weighted by Gasteiger charge is 2.26. The molecule has 0 spiro atoms. The predicted octanol–water partition coefficient (Wildman–Crippen LogP) is 4.20. The van der Waals surface area contributed by atoms with Crippen LogP contribution in [0, 0.1) is 0 Å². The van der Waals surface area contributed by atoms with Crippen LogP contribution in [0.3, 0.4) is 0 Å². The van der Waals surface area contributed by atoms with E-state index in [0.29, 0.717) is 34.9 Å². The summed E-state index contributed by atoms with van der Waals surface area (Å²) in [7, 11) is 0. The van der Waals surface area contributed by atoms with E-state index in [2.05, 4.69) is 0 Å². The Morgan fingerprint density at radius 2 is 1.90 bits per heavy atom. The van der Waals surface area contributed by atoms with Crippen LogP contribution >= 0.6 is 11.6 Å². The summed E-state index contributed by atoms with van der Waals surface area (Å²) in [5.41, 5.74) is 10.1. The minimum absolute atomic E-state index is 0.0699. The van der Waals surface area contributed by atoms with Crippen LogP contribution in [0.5, 0.6) is 0 Å². The lowest BCUT2D eigenvalue weighted by atomic mass is 10.2. The van der Waals surface area contributed by atoms with E-state index in [-0.39, 0.29) is 24.1 Å². The number of nitrogen functional groups attached to an aromatic ring is 1. The first-order valence-electron chi connectivity index (χ1n) is 10.2. The van der Waals surface area contributed by atoms with Gasteiger partial charge in [0.05, 0.1) is 23.7 Å². The van der Waals surface area contributed by atoms with Crippen molar-refractivity contribution in [2.45, 2.75) is 25.5 Å². The van der Waals surface area contributed by atoms with Gasteiger partial charge in [-0.05, 0) is 42.7 Å². The zero-order valence-corrected chi connectivity index (χ0v) is 17.5. The number of nitrogens with zero attached hydrogens (tertiary/aromatic N) is 3. The minimum Gasteiger partial charge on any atom is -0.459 e. The van der Waals surface area contributed by atoms with E-state index in [9.17, 15) is 4.79 Å². The van der Waals surface area contributed by atoms with Crippen molar-refractivity contribution in [1.82, 2.24) is 14.5 Å². The molecule has 8 heteroatoms. The van der Waals surface area contributed by atoms with Gasteiger partial charge in [-0.15, -0.1) is 0 Å². The highest BCUT2D eigenvalue weighted by atomic mass is 35.5. The highest BCUT2D eigenvalue weighted by Crippen LogP contribution is 2.30. The third kappa shape index (κ3) is 3.82. The second-order valence-electron chi connectivity index (χ2n) is 7.59. The molecule has 0 saturated carbocycles. The summed E-state index contributed by atoms with van der Waals surface area (Å²) in [5, 5.41) is 0.651. The molecule has 0 unspecified atom stereocenters. The first-order valence-corrected chi connectivity index (χ1v) is 10.6. The summed E-state index contributed by atoms with van der Waals surface area (Å²) < 4.78 is 12.9. The number of carbonyl (C=O) groups excluding carboxylic acids is 1. The Balaban J connectivity index is 1.59. The lowest BCUT2D eigenvalue weighted by molar-refractivity contribution is 0.0163. The molecule has 4 aromatic rings. The molecule has 3 heterocycles. The molecule has 2 aromatic carbocycles. The molecule has 1 saturated heterocycles. The number of fused-ring (bicyclic) bond motifs is 2. The number of anilines is 1. The van der Waals surface area contributed by atoms with Gasteiger partial charge in [0.2, 0.25) is 0 Å². The Morgan fingerprint density at radius 3 is 2.61 bits per heavy atom. The SMILES string of the molecule is Nc1c(C(=O)OC[C@H]2CCCO2)c2nc3ccccc3nc2n1Cc1ccc(Cl)cc1. The first-order chi connectivity index (χ1) is 15.1. The minimum atomic E-state index is -0.516. The molecular weight excluding hydrogens is 416 g/mol. The summed E-state index contributed by atoms with van der Waals surface area (Å²) in [6.07, 6.45) is 1.79. The van der Waals surface area contributed by atoms with E-state index in [1.165, 1.54) is 0 Å². The number of rotatable bonds is 5. The average Bonchev–Trinajstić information content (AvgIpc) is 3.39. The van der Waals surface area contributed by atoms with Crippen molar-refractivity contribution in [1.29, 1.82) is 0 Å². The molecule has 2 N–H and O–H groups in total. The maximum atomic E-state index is 13.0. The molecule has 0 aliphatic carbocycles. The molecule has 5 rings (SSSR count). The van der Waals surface area contributed by atoms with Gasteiger partial charge in [0, 0.05) is 11.6 Å². The smallest absolute Gasteiger partial charge is 0.344 e. The molecule has 0 amide bonds. The summed E-state index contributed by atoms with van der Waals surface area (Å²) in [6.45, 7) is 1.32. The lowest BCUT2D eigenvalue weighted by Gasteiger charge is -2.10. The van der Waals surface area contributed by atoms with Crippen molar-refractivity contribution in [2.24, 2.45) is 0 Å². The molecular formula is C23H21ClN4O3. The largest absolute Gasteiger partial charge is 0.459 e. The van der Waals surface area contributed by atoms with Crippen LogP contribution in [0.2, 0.25) is 5.02 Å². The van der Waals surface area contributed by atoms with Crippen molar-refractivity contribution < 1.29 is 14.3 Å². The van der Waals surface area contributed by atoms with Crippen LogP contribution in [0.1, 0.15) is 28.8 Å². The van der Waals surface area contributed by atoms with Gasteiger partial charge in [-0.3, -0.25) is 0 Å². The predicted molar refractivity (Wildman–Crippen MR) is 119 cm³/mol. The number of benzene rings is 2. The number of ether oxygens (including phenoxy) is 2. The van der Waals surface area contributed by atoms with Gasteiger partial charge in [0.15, 0.2) is 5.65 Å². The molecule has 1 aliphatic rings. The Labute approximate surface area is 183 Å². The number of halogens is 1. The second-order valence-corrected chi connectivity index (χ2v) is 8.03. The van der Waals surface area contributed by atoms with Gasteiger partial charge in [0.1, 0.15) is 23.5 Å². The van der Waals surface area contributed by atoms with Crippen LogP contribution < -0.4 is 5.73 Å². The molecule has 0 bridgehead atoms. The van der Waals surface area contributed by atoms with E-state index < -0.39 is 5.97 Å². The van der Waals surface area contributed by atoms with E-state index in [0.717, 1.165) is 23.9 Å². The Morgan fingerprint density at radius 1 is 1.16 bits per heavy atom. The molecule has 158 valence electrons. The summed E-state index contributed by atoms with van der Waals surface area (Å²) >= 11 is 6.02. The number of hydrogen-bond donors (Lipinski definition) is 1.